The van der Waals surface area contributed by atoms with Gasteiger partial charge < -0.3 is 15.2 Å². The van der Waals surface area contributed by atoms with Gasteiger partial charge in [0.25, 0.3) is 0 Å². The second-order valence-electron chi connectivity index (χ2n) is 7.64. The number of pyridine rings is 1. The van der Waals surface area contributed by atoms with Gasteiger partial charge in [-0.25, -0.2) is 18.2 Å². The van der Waals surface area contributed by atoms with Gasteiger partial charge in [0.2, 0.25) is 10.0 Å². The molecule has 0 aliphatic rings. The number of sulfonamides is 1. The van der Waals surface area contributed by atoms with Gasteiger partial charge in [-0.05, 0) is 43.0 Å². The van der Waals surface area contributed by atoms with E-state index in [1.807, 2.05) is 37.3 Å². The highest BCUT2D eigenvalue weighted by atomic mass is 35.5. The molecule has 0 aliphatic carbocycles. The maximum absolute atomic E-state index is 12.1. The molecule has 1 amide bonds. The summed E-state index contributed by atoms with van der Waals surface area (Å²) in [6.45, 7) is 4.14. The molecule has 8 nitrogen and oxygen atoms in total. The van der Waals surface area contributed by atoms with Crippen LogP contribution in [0.25, 0.3) is 0 Å². The zero-order valence-electron chi connectivity index (χ0n) is 17.8. The smallest absolute Gasteiger partial charge is 0.405 e. The van der Waals surface area contributed by atoms with Crippen LogP contribution < -0.4 is 9.62 Å². The topological polar surface area (TPSA) is 109 Å². The normalized spacial score (nSPS) is 13.4. The maximum atomic E-state index is 12.1. The van der Waals surface area contributed by atoms with Crippen molar-refractivity contribution >= 4 is 33.5 Å². The van der Waals surface area contributed by atoms with Crippen LogP contribution in [0.1, 0.15) is 31.4 Å². The zero-order valence-corrected chi connectivity index (χ0v) is 19.4. The van der Waals surface area contributed by atoms with E-state index in [-0.39, 0.29) is 30.7 Å². The lowest BCUT2D eigenvalue weighted by Crippen LogP contribution is -2.50. The van der Waals surface area contributed by atoms with Gasteiger partial charge in [-0.2, -0.15) is 0 Å². The van der Waals surface area contributed by atoms with Crippen LogP contribution in [0.2, 0.25) is 5.15 Å². The first kappa shape index (κ1) is 24.9. The summed E-state index contributed by atoms with van der Waals surface area (Å²) in [6.07, 6.45) is 1.04. The Bertz CT molecular complexity index is 988. The molecule has 1 aromatic carbocycles. The highest BCUT2D eigenvalue weighted by molar-refractivity contribution is 7.92. The summed E-state index contributed by atoms with van der Waals surface area (Å²) in [5, 5.41) is 11.9. The SMILES string of the molecule is CCCN(c1cc(COCC(C)(Cc2ccccc2)NC(=O)O)cc(Cl)n1)S(C)(=O)=O. The Balaban J connectivity index is 2.15. The van der Waals surface area contributed by atoms with Gasteiger partial charge >= 0.3 is 6.09 Å². The van der Waals surface area contributed by atoms with Crippen LogP contribution in [-0.2, 0) is 27.8 Å². The zero-order chi connectivity index (χ0) is 23.1. The third kappa shape index (κ3) is 8.01. The van der Waals surface area contributed by atoms with E-state index in [1.165, 1.54) is 4.31 Å². The Morgan fingerprint density at radius 1 is 1.26 bits per heavy atom. The summed E-state index contributed by atoms with van der Waals surface area (Å²) in [5.41, 5.74) is 0.755. The minimum atomic E-state index is -3.51. The molecule has 0 bridgehead atoms. The molecular formula is C21H28ClN3O5S. The summed E-state index contributed by atoms with van der Waals surface area (Å²) in [7, 11) is -3.51. The van der Waals surface area contributed by atoms with Gasteiger partial charge in [-0.15, -0.1) is 0 Å². The number of hydrogen-bond acceptors (Lipinski definition) is 5. The summed E-state index contributed by atoms with van der Waals surface area (Å²) < 4.78 is 31.2. The lowest BCUT2D eigenvalue weighted by atomic mass is 9.94. The van der Waals surface area contributed by atoms with Gasteiger partial charge in [0.1, 0.15) is 11.0 Å². The van der Waals surface area contributed by atoms with Crippen molar-refractivity contribution in [2.75, 3.05) is 23.7 Å². The van der Waals surface area contributed by atoms with Crippen molar-refractivity contribution in [1.29, 1.82) is 0 Å². The van der Waals surface area contributed by atoms with Gasteiger partial charge in [-0.3, -0.25) is 4.31 Å². The van der Waals surface area contributed by atoms with E-state index in [4.69, 9.17) is 16.3 Å². The number of carbonyl (C=O) groups is 1. The second kappa shape index (κ2) is 10.8. The molecule has 0 radical (unpaired) electrons. The highest BCUT2D eigenvalue weighted by Crippen LogP contribution is 2.22. The van der Waals surface area contributed by atoms with Crippen molar-refractivity contribution in [3.63, 3.8) is 0 Å². The van der Waals surface area contributed by atoms with E-state index < -0.39 is 21.7 Å². The van der Waals surface area contributed by atoms with Crippen molar-refractivity contribution in [3.05, 3.63) is 58.7 Å². The minimum absolute atomic E-state index is 0.105. The summed E-state index contributed by atoms with van der Waals surface area (Å²) in [6, 6.07) is 12.7. The average molecular weight is 470 g/mol. The Kier molecular flexibility index (Phi) is 8.67. The fourth-order valence-corrected chi connectivity index (χ4v) is 4.40. The van der Waals surface area contributed by atoms with E-state index >= 15 is 0 Å². The van der Waals surface area contributed by atoms with E-state index in [2.05, 4.69) is 10.3 Å². The number of nitrogens with one attached hydrogen (secondary N) is 1. The first-order chi connectivity index (χ1) is 14.5. The van der Waals surface area contributed by atoms with Gasteiger partial charge in [0.05, 0.1) is 25.0 Å². The molecular weight excluding hydrogens is 442 g/mol. The Morgan fingerprint density at radius 3 is 2.52 bits per heavy atom. The van der Waals surface area contributed by atoms with Crippen molar-refractivity contribution in [1.82, 2.24) is 10.3 Å². The van der Waals surface area contributed by atoms with Crippen LogP contribution in [0.5, 0.6) is 0 Å². The maximum Gasteiger partial charge on any atom is 0.405 e. The quantitative estimate of drug-likeness (QED) is 0.486. The molecule has 170 valence electrons. The summed E-state index contributed by atoms with van der Waals surface area (Å²) in [4.78, 5) is 15.4. The Morgan fingerprint density at radius 2 is 1.94 bits per heavy atom. The summed E-state index contributed by atoms with van der Waals surface area (Å²) in [5.74, 6) is 0.228. The summed E-state index contributed by atoms with van der Waals surface area (Å²) >= 11 is 6.11. The molecule has 0 saturated carbocycles. The fourth-order valence-electron chi connectivity index (χ4n) is 3.23. The lowest BCUT2D eigenvalue weighted by Gasteiger charge is -2.29. The van der Waals surface area contributed by atoms with Crippen LogP contribution in [0.3, 0.4) is 0 Å². The van der Waals surface area contributed by atoms with E-state index in [0.29, 0.717) is 18.4 Å². The van der Waals surface area contributed by atoms with Crippen molar-refractivity contribution in [2.45, 2.75) is 38.8 Å². The highest BCUT2D eigenvalue weighted by Gasteiger charge is 2.27. The molecule has 1 atom stereocenters. The van der Waals surface area contributed by atoms with Crippen LogP contribution in [0.4, 0.5) is 10.6 Å². The van der Waals surface area contributed by atoms with Crippen LogP contribution >= 0.6 is 11.6 Å². The average Bonchev–Trinajstić information content (AvgIpc) is 2.64. The molecule has 31 heavy (non-hydrogen) atoms. The largest absolute Gasteiger partial charge is 0.465 e. The number of anilines is 1. The van der Waals surface area contributed by atoms with Crippen LogP contribution in [0, 0.1) is 0 Å². The van der Waals surface area contributed by atoms with Crippen molar-refractivity contribution in [2.24, 2.45) is 0 Å². The first-order valence-corrected chi connectivity index (χ1v) is 12.0. The third-order valence-corrected chi connectivity index (χ3v) is 5.82. The number of amides is 1. The molecule has 0 saturated heterocycles. The predicted octanol–water partition coefficient (Wildman–Crippen LogP) is 3.70. The van der Waals surface area contributed by atoms with E-state index in [9.17, 15) is 18.3 Å². The molecule has 2 rings (SSSR count). The Hall–Kier alpha value is -2.36. The number of halogens is 1. The standard InChI is InChI=1S/C21H28ClN3O5S/c1-4-10-25(31(3,28)29)19-12-17(11-18(22)23-19)14-30-15-21(2,24-20(26)27)13-16-8-6-5-7-9-16/h5-9,11-12,24H,4,10,13-15H2,1-3H3,(H,26,27). The number of rotatable bonds is 11. The van der Waals surface area contributed by atoms with Gasteiger partial charge in [0.15, 0.2) is 0 Å². The third-order valence-electron chi connectivity index (χ3n) is 4.46. The number of ether oxygens (including phenoxy) is 1. The number of hydrogen-bond donors (Lipinski definition) is 2. The predicted molar refractivity (Wildman–Crippen MR) is 121 cm³/mol. The molecule has 10 heteroatoms. The fraction of sp³-hybridized carbons (Fsp3) is 0.429. The van der Waals surface area contributed by atoms with E-state index in [1.54, 1.807) is 19.1 Å². The number of nitrogens with zero attached hydrogens (tertiary/aromatic N) is 2. The molecule has 0 fully saturated rings. The number of benzene rings is 1. The van der Waals surface area contributed by atoms with Crippen LogP contribution in [0.15, 0.2) is 42.5 Å². The van der Waals surface area contributed by atoms with E-state index in [0.717, 1.165) is 11.8 Å². The molecule has 0 aliphatic heterocycles. The molecule has 2 aromatic rings. The second-order valence-corrected chi connectivity index (χ2v) is 9.93. The van der Waals surface area contributed by atoms with Gasteiger partial charge in [-0.1, -0.05) is 48.9 Å². The number of aromatic nitrogens is 1. The van der Waals surface area contributed by atoms with Gasteiger partial charge in [0, 0.05) is 6.54 Å². The number of carboxylic acid groups (broad SMARTS) is 1. The molecule has 1 heterocycles. The molecule has 0 spiro atoms. The first-order valence-electron chi connectivity index (χ1n) is 9.79. The Labute approximate surface area is 188 Å². The van der Waals surface area contributed by atoms with Crippen molar-refractivity contribution < 1.29 is 23.1 Å². The minimum Gasteiger partial charge on any atom is -0.465 e. The van der Waals surface area contributed by atoms with Crippen LogP contribution in [-0.4, -0.2) is 49.5 Å². The molecule has 1 aromatic heterocycles. The lowest BCUT2D eigenvalue weighted by molar-refractivity contribution is 0.0633. The van der Waals surface area contributed by atoms with Crippen molar-refractivity contribution in [3.8, 4) is 0 Å². The molecule has 2 N–H and O–H groups in total. The molecule has 1 unspecified atom stereocenters. The monoisotopic (exact) mass is 469 g/mol.